The molecule has 0 saturated heterocycles. The van der Waals surface area contributed by atoms with Crippen LogP contribution >= 0.6 is 12.4 Å². The van der Waals surface area contributed by atoms with Crippen LogP contribution in [0.25, 0.3) is 22.2 Å². The molecule has 178 valence electrons. The number of nitrogens with two attached hydrogens (primary N) is 1. The summed E-state index contributed by atoms with van der Waals surface area (Å²) in [7, 11) is -3.80. The fourth-order valence-corrected chi connectivity index (χ4v) is 4.70. The molecule has 0 radical (unpaired) electrons. The summed E-state index contributed by atoms with van der Waals surface area (Å²) in [5.74, 6) is -0.606. The Kier molecular flexibility index (Phi) is 7.18. The number of hydrogen-bond donors (Lipinski definition) is 2. The van der Waals surface area contributed by atoms with Crippen molar-refractivity contribution in [3.05, 3.63) is 60.2 Å². The normalized spacial score (nSPS) is 15.0. The molecule has 0 unspecified atom stereocenters. The molecule has 6 nitrogen and oxygen atoms in total. The molecule has 1 saturated carbocycles. The molecule has 1 aromatic heterocycles. The summed E-state index contributed by atoms with van der Waals surface area (Å²) in [5.41, 5.74) is 4.96. The van der Waals surface area contributed by atoms with Gasteiger partial charge in [0.05, 0.1) is 34.4 Å². The Morgan fingerprint density at radius 2 is 1.97 bits per heavy atom. The number of benzene rings is 2. The zero-order valence-electron chi connectivity index (χ0n) is 17.1. The van der Waals surface area contributed by atoms with Gasteiger partial charge in [0.2, 0.25) is 10.0 Å². The topological polar surface area (TPSA) is 90.0 Å². The Bertz CT molecular complexity index is 1300. The number of fused-ring (bicyclic) bond motifs is 1. The van der Waals surface area contributed by atoms with Gasteiger partial charge in [0.25, 0.3) is 0 Å². The van der Waals surface area contributed by atoms with E-state index in [2.05, 4.69) is 9.71 Å². The first-order valence-corrected chi connectivity index (χ1v) is 11.3. The Morgan fingerprint density at radius 1 is 1.24 bits per heavy atom. The molecule has 1 heterocycles. The van der Waals surface area contributed by atoms with Crippen molar-refractivity contribution in [2.45, 2.75) is 36.5 Å². The van der Waals surface area contributed by atoms with Crippen molar-refractivity contribution in [3.8, 4) is 11.1 Å². The van der Waals surface area contributed by atoms with Crippen molar-refractivity contribution in [3.63, 3.8) is 0 Å². The molecule has 0 spiro atoms. The number of imidazole rings is 1. The number of rotatable bonds is 7. The quantitative estimate of drug-likeness (QED) is 0.467. The van der Waals surface area contributed by atoms with Gasteiger partial charge in [-0.05, 0) is 48.7 Å². The van der Waals surface area contributed by atoms with Gasteiger partial charge < -0.3 is 10.3 Å². The fraction of sp³-hybridized carbons (Fsp3) is 0.286. The smallest absolute Gasteiger partial charge is 0.327 e. The third-order valence-corrected chi connectivity index (χ3v) is 6.59. The molecule has 33 heavy (non-hydrogen) atoms. The van der Waals surface area contributed by atoms with E-state index in [1.165, 1.54) is 35.2 Å². The molecule has 1 aliphatic rings. The fourth-order valence-electron chi connectivity index (χ4n) is 3.35. The Labute approximate surface area is 193 Å². The molecule has 0 amide bonds. The zero-order valence-corrected chi connectivity index (χ0v) is 18.8. The average molecular weight is 505 g/mol. The van der Waals surface area contributed by atoms with E-state index in [1.54, 1.807) is 0 Å². The van der Waals surface area contributed by atoms with Crippen LogP contribution in [0.4, 0.5) is 17.6 Å². The first kappa shape index (κ1) is 25.2. The number of sulfonamides is 1. The van der Waals surface area contributed by atoms with Crippen LogP contribution < -0.4 is 10.5 Å². The van der Waals surface area contributed by atoms with Gasteiger partial charge in [-0.25, -0.2) is 22.5 Å². The zero-order chi connectivity index (χ0) is 23.1. The van der Waals surface area contributed by atoms with Gasteiger partial charge in [0, 0.05) is 18.2 Å². The molecule has 3 aromatic rings. The summed E-state index contributed by atoms with van der Waals surface area (Å²) in [6, 6.07) is 7.37. The van der Waals surface area contributed by atoms with Crippen molar-refractivity contribution in [1.29, 1.82) is 0 Å². The lowest BCUT2D eigenvalue weighted by atomic mass is 10.0. The van der Waals surface area contributed by atoms with E-state index in [0.29, 0.717) is 0 Å². The third kappa shape index (κ3) is 5.55. The van der Waals surface area contributed by atoms with Gasteiger partial charge in [0.1, 0.15) is 5.83 Å². The molecule has 4 rings (SSSR count). The largest absolute Gasteiger partial charge is 0.416 e. The molecule has 0 aliphatic heterocycles. The highest BCUT2D eigenvalue weighted by molar-refractivity contribution is 7.89. The number of allylic oxidation sites excluding steroid dienone is 1. The highest BCUT2D eigenvalue weighted by Gasteiger charge is 2.33. The minimum absolute atomic E-state index is 0. The number of nitrogens with one attached hydrogen (secondary N) is 1. The molecule has 1 fully saturated rings. The highest BCUT2D eigenvalue weighted by atomic mass is 35.5. The lowest BCUT2D eigenvalue weighted by Crippen LogP contribution is -2.25. The maximum absolute atomic E-state index is 14.0. The predicted molar refractivity (Wildman–Crippen MR) is 119 cm³/mol. The van der Waals surface area contributed by atoms with Crippen molar-refractivity contribution < 1.29 is 26.0 Å². The lowest BCUT2D eigenvalue weighted by Gasteiger charge is -2.13. The maximum Gasteiger partial charge on any atom is 0.416 e. The number of aromatic nitrogens is 2. The minimum Gasteiger partial charge on any atom is -0.327 e. The monoisotopic (exact) mass is 504 g/mol. The van der Waals surface area contributed by atoms with E-state index in [1.807, 2.05) is 0 Å². The van der Waals surface area contributed by atoms with Crippen LogP contribution in [0.3, 0.4) is 0 Å². The second-order valence-corrected chi connectivity index (χ2v) is 9.29. The van der Waals surface area contributed by atoms with Gasteiger partial charge in [-0.15, -0.1) is 12.4 Å². The SMILES string of the molecule is Cl.NCC=C(F)Cn1cnc2c(-c3cccc(S(=O)(=O)NC4CC4)c3)cc(C(F)(F)F)cc21. The molecular weight excluding hydrogens is 484 g/mol. The summed E-state index contributed by atoms with van der Waals surface area (Å²) in [5, 5.41) is 0. The summed E-state index contributed by atoms with van der Waals surface area (Å²) < 4.78 is 83.8. The van der Waals surface area contributed by atoms with Crippen LogP contribution in [0.15, 0.2) is 59.5 Å². The number of alkyl halides is 3. The second kappa shape index (κ2) is 9.41. The van der Waals surface area contributed by atoms with Gasteiger partial charge >= 0.3 is 6.18 Å². The van der Waals surface area contributed by atoms with Crippen LogP contribution in [0.1, 0.15) is 18.4 Å². The minimum atomic E-state index is -4.67. The Balaban J connectivity index is 0.00000306. The summed E-state index contributed by atoms with van der Waals surface area (Å²) in [6.45, 7) is -0.373. The van der Waals surface area contributed by atoms with Crippen molar-refractivity contribution in [2.24, 2.45) is 5.73 Å². The number of nitrogens with zero attached hydrogens (tertiary/aromatic N) is 2. The van der Waals surface area contributed by atoms with Crippen molar-refractivity contribution in [1.82, 2.24) is 14.3 Å². The number of halogens is 5. The second-order valence-electron chi connectivity index (χ2n) is 7.57. The van der Waals surface area contributed by atoms with E-state index in [-0.39, 0.29) is 58.6 Å². The predicted octanol–water partition coefficient (Wildman–Crippen LogP) is 4.40. The standard InChI is InChI=1S/C21H20F4N4O2S.ClH/c22-15(6-7-26)11-29-12-27-20-18(9-14(10-19(20)29)21(23,24)25)13-2-1-3-17(8-13)32(30,31)28-16-4-5-16;/h1-3,6,8-10,12,16,28H,4-5,7,11,26H2;1H. The van der Waals surface area contributed by atoms with Gasteiger partial charge in [-0.1, -0.05) is 12.1 Å². The molecule has 0 atom stereocenters. The third-order valence-electron chi connectivity index (χ3n) is 5.07. The Hall–Kier alpha value is -2.47. The maximum atomic E-state index is 14.0. The van der Waals surface area contributed by atoms with Crippen LogP contribution in [0.2, 0.25) is 0 Å². The van der Waals surface area contributed by atoms with Crippen LogP contribution in [0, 0.1) is 0 Å². The highest BCUT2D eigenvalue weighted by Crippen LogP contribution is 2.37. The molecule has 3 N–H and O–H groups in total. The summed E-state index contributed by atoms with van der Waals surface area (Å²) in [6.07, 6.45) is -0.796. The van der Waals surface area contributed by atoms with Gasteiger partial charge in [0.15, 0.2) is 0 Å². The van der Waals surface area contributed by atoms with E-state index in [0.717, 1.165) is 31.1 Å². The summed E-state index contributed by atoms with van der Waals surface area (Å²) in [4.78, 5) is 4.13. The molecule has 0 bridgehead atoms. The van der Waals surface area contributed by atoms with Crippen LogP contribution in [-0.2, 0) is 22.7 Å². The first-order chi connectivity index (χ1) is 15.1. The van der Waals surface area contributed by atoms with Crippen LogP contribution in [0.5, 0.6) is 0 Å². The van der Waals surface area contributed by atoms with Gasteiger partial charge in [-0.3, -0.25) is 0 Å². The molecule has 2 aromatic carbocycles. The molecular formula is C21H21ClF4N4O2S. The average Bonchev–Trinajstić information content (AvgIpc) is 3.44. The van der Waals surface area contributed by atoms with Gasteiger partial charge in [-0.2, -0.15) is 13.2 Å². The lowest BCUT2D eigenvalue weighted by molar-refractivity contribution is -0.137. The van der Waals surface area contributed by atoms with E-state index >= 15 is 0 Å². The van der Waals surface area contributed by atoms with Crippen molar-refractivity contribution >= 4 is 33.5 Å². The van der Waals surface area contributed by atoms with Crippen LogP contribution in [-0.4, -0.2) is 30.6 Å². The Morgan fingerprint density at radius 3 is 2.61 bits per heavy atom. The first-order valence-electron chi connectivity index (χ1n) is 9.82. The van der Waals surface area contributed by atoms with Crippen molar-refractivity contribution in [2.75, 3.05) is 6.54 Å². The van der Waals surface area contributed by atoms with E-state index in [9.17, 15) is 26.0 Å². The van der Waals surface area contributed by atoms with E-state index in [4.69, 9.17) is 5.73 Å². The summed E-state index contributed by atoms with van der Waals surface area (Å²) >= 11 is 0. The number of hydrogen-bond acceptors (Lipinski definition) is 4. The molecule has 12 heteroatoms. The van der Waals surface area contributed by atoms with E-state index < -0.39 is 27.6 Å². The molecule has 1 aliphatic carbocycles.